The number of methoxy groups -OCH3 is 1. The van der Waals surface area contributed by atoms with Crippen molar-refractivity contribution in [2.24, 2.45) is 11.1 Å². The Kier molecular flexibility index (Phi) is 4.58. The highest BCUT2D eigenvalue weighted by molar-refractivity contribution is 5.96. The number of anilines is 1. The molecule has 19 heavy (non-hydrogen) atoms. The summed E-state index contributed by atoms with van der Waals surface area (Å²) in [5.74, 6) is 0.614. The van der Waals surface area contributed by atoms with Crippen molar-refractivity contribution in [2.45, 2.75) is 40.7 Å². The molecule has 0 bridgehead atoms. The number of ether oxygens (including phenoxy) is 1. The highest BCUT2D eigenvalue weighted by Crippen LogP contribution is 2.29. The van der Waals surface area contributed by atoms with Crippen molar-refractivity contribution in [3.8, 4) is 5.75 Å². The van der Waals surface area contributed by atoms with E-state index in [2.05, 4.69) is 5.32 Å². The van der Waals surface area contributed by atoms with Gasteiger partial charge in [-0.15, -0.1) is 0 Å². The Labute approximate surface area is 115 Å². The summed E-state index contributed by atoms with van der Waals surface area (Å²) in [5, 5.41) is 2.87. The van der Waals surface area contributed by atoms with E-state index in [-0.39, 0.29) is 11.3 Å². The van der Waals surface area contributed by atoms with E-state index < -0.39 is 6.04 Å². The second kappa shape index (κ2) is 5.61. The number of hydrogen-bond donors (Lipinski definition) is 2. The van der Waals surface area contributed by atoms with Gasteiger partial charge in [0.2, 0.25) is 5.91 Å². The number of amides is 1. The third kappa shape index (κ3) is 3.47. The van der Waals surface area contributed by atoms with Crippen LogP contribution < -0.4 is 15.8 Å². The van der Waals surface area contributed by atoms with E-state index in [1.54, 1.807) is 7.11 Å². The van der Waals surface area contributed by atoms with Crippen molar-refractivity contribution in [3.05, 3.63) is 23.3 Å². The Balaban J connectivity index is 2.98. The minimum Gasteiger partial charge on any atom is -0.496 e. The predicted molar refractivity (Wildman–Crippen MR) is 78.5 cm³/mol. The van der Waals surface area contributed by atoms with Gasteiger partial charge in [-0.25, -0.2) is 0 Å². The largest absolute Gasteiger partial charge is 0.496 e. The number of nitrogens with one attached hydrogen (secondary N) is 1. The molecule has 1 aromatic carbocycles. The smallest absolute Gasteiger partial charge is 0.241 e. The Morgan fingerprint density at radius 2 is 1.89 bits per heavy atom. The molecule has 3 N–H and O–H groups in total. The maximum Gasteiger partial charge on any atom is 0.241 e. The molecular formula is C15H24N2O2. The first kappa shape index (κ1) is 15.5. The van der Waals surface area contributed by atoms with Crippen LogP contribution in [-0.2, 0) is 4.79 Å². The van der Waals surface area contributed by atoms with Crippen LogP contribution in [0.4, 0.5) is 5.69 Å². The van der Waals surface area contributed by atoms with Crippen molar-refractivity contribution in [1.82, 2.24) is 0 Å². The fourth-order valence-corrected chi connectivity index (χ4v) is 1.88. The molecule has 0 fully saturated rings. The normalized spacial score (nSPS) is 13.0. The van der Waals surface area contributed by atoms with E-state index in [1.165, 1.54) is 0 Å². The van der Waals surface area contributed by atoms with Gasteiger partial charge in [0.1, 0.15) is 5.75 Å². The Hall–Kier alpha value is -1.55. The molecule has 1 atom stereocenters. The van der Waals surface area contributed by atoms with Gasteiger partial charge in [-0.3, -0.25) is 4.79 Å². The monoisotopic (exact) mass is 264 g/mol. The van der Waals surface area contributed by atoms with E-state index in [0.717, 1.165) is 22.6 Å². The maximum absolute atomic E-state index is 12.1. The van der Waals surface area contributed by atoms with Crippen molar-refractivity contribution < 1.29 is 9.53 Å². The minimum atomic E-state index is -0.556. The highest BCUT2D eigenvalue weighted by atomic mass is 16.5. The zero-order chi connectivity index (χ0) is 14.8. The zero-order valence-corrected chi connectivity index (χ0v) is 12.6. The lowest BCUT2D eigenvalue weighted by molar-refractivity contribution is -0.119. The molecule has 1 amide bonds. The van der Waals surface area contributed by atoms with Crippen LogP contribution in [0.2, 0.25) is 0 Å². The quantitative estimate of drug-likeness (QED) is 0.882. The molecule has 0 aliphatic heterocycles. The van der Waals surface area contributed by atoms with Crippen molar-refractivity contribution in [2.75, 3.05) is 12.4 Å². The molecule has 1 aromatic rings. The van der Waals surface area contributed by atoms with E-state index in [0.29, 0.717) is 0 Å². The summed E-state index contributed by atoms with van der Waals surface area (Å²) >= 11 is 0. The SMILES string of the molecule is COc1c(C)ccc(NC(=O)C(N)C(C)(C)C)c1C. The van der Waals surface area contributed by atoms with Crippen LogP contribution in [0, 0.1) is 19.3 Å². The number of nitrogens with two attached hydrogens (primary N) is 1. The molecule has 0 aromatic heterocycles. The third-order valence-corrected chi connectivity index (χ3v) is 3.28. The second-order valence-corrected chi connectivity index (χ2v) is 5.92. The summed E-state index contributed by atoms with van der Waals surface area (Å²) in [5.41, 5.74) is 8.37. The molecule has 0 saturated heterocycles. The topological polar surface area (TPSA) is 64.3 Å². The summed E-state index contributed by atoms with van der Waals surface area (Å²) in [6.45, 7) is 9.72. The number of hydrogen-bond acceptors (Lipinski definition) is 3. The minimum absolute atomic E-state index is 0.179. The second-order valence-electron chi connectivity index (χ2n) is 5.92. The zero-order valence-electron chi connectivity index (χ0n) is 12.6. The Morgan fingerprint density at radius 3 is 2.37 bits per heavy atom. The summed E-state index contributed by atoms with van der Waals surface area (Å²) in [6.07, 6.45) is 0. The van der Waals surface area contributed by atoms with Crippen molar-refractivity contribution in [3.63, 3.8) is 0 Å². The van der Waals surface area contributed by atoms with Gasteiger partial charge in [-0.1, -0.05) is 26.8 Å². The molecule has 4 heteroatoms. The van der Waals surface area contributed by atoms with Gasteiger partial charge in [0.05, 0.1) is 13.2 Å². The van der Waals surface area contributed by atoms with E-state index in [4.69, 9.17) is 10.5 Å². The van der Waals surface area contributed by atoms with Gasteiger partial charge >= 0.3 is 0 Å². The van der Waals surface area contributed by atoms with Crippen LogP contribution in [0.3, 0.4) is 0 Å². The first-order valence-corrected chi connectivity index (χ1v) is 6.39. The van der Waals surface area contributed by atoms with Crippen LogP contribution in [0.5, 0.6) is 5.75 Å². The first-order valence-electron chi connectivity index (χ1n) is 6.39. The molecule has 106 valence electrons. The summed E-state index contributed by atoms with van der Waals surface area (Å²) in [6, 6.07) is 3.24. The lowest BCUT2D eigenvalue weighted by Gasteiger charge is -2.26. The molecule has 1 rings (SSSR count). The molecule has 0 heterocycles. The first-order chi connectivity index (χ1) is 8.68. The summed E-state index contributed by atoms with van der Waals surface area (Å²) < 4.78 is 5.34. The Bertz CT molecular complexity index is 476. The lowest BCUT2D eigenvalue weighted by atomic mass is 9.87. The maximum atomic E-state index is 12.1. The van der Waals surface area contributed by atoms with Gasteiger partial charge < -0.3 is 15.8 Å². The lowest BCUT2D eigenvalue weighted by Crippen LogP contribution is -2.45. The number of benzene rings is 1. The summed E-state index contributed by atoms with van der Waals surface area (Å²) in [7, 11) is 1.63. The fraction of sp³-hybridized carbons (Fsp3) is 0.533. The van der Waals surface area contributed by atoms with Crippen LogP contribution in [0.1, 0.15) is 31.9 Å². The summed E-state index contributed by atoms with van der Waals surface area (Å²) in [4.78, 5) is 12.1. The van der Waals surface area contributed by atoms with Crippen molar-refractivity contribution >= 4 is 11.6 Å². The van der Waals surface area contributed by atoms with Crippen LogP contribution in [-0.4, -0.2) is 19.1 Å². The van der Waals surface area contributed by atoms with E-state index in [9.17, 15) is 4.79 Å². The number of aryl methyl sites for hydroxylation is 1. The molecule has 0 aliphatic rings. The molecule has 0 radical (unpaired) electrons. The molecule has 4 nitrogen and oxygen atoms in total. The molecule has 0 saturated carbocycles. The highest BCUT2D eigenvalue weighted by Gasteiger charge is 2.27. The van der Waals surface area contributed by atoms with Gasteiger partial charge in [-0.2, -0.15) is 0 Å². The molecular weight excluding hydrogens is 240 g/mol. The van der Waals surface area contributed by atoms with Gasteiger partial charge in [0.15, 0.2) is 0 Å². The van der Waals surface area contributed by atoms with E-state index >= 15 is 0 Å². The fourth-order valence-electron chi connectivity index (χ4n) is 1.88. The van der Waals surface area contributed by atoms with Crippen LogP contribution >= 0.6 is 0 Å². The van der Waals surface area contributed by atoms with Crippen LogP contribution in [0.15, 0.2) is 12.1 Å². The molecule has 0 aliphatic carbocycles. The van der Waals surface area contributed by atoms with Crippen LogP contribution in [0.25, 0.3) is 0 Å². The van der Waals surface area contributed by atoms with Gasteiger partial charge in [0, 0.05) is 11.3 Å². The third-order valence-electron chi connectivity index (χ3n) is 3.28. The van der Waals surface area contributed by atoms with Gasteiger partial charge in [0.25, 0.3) is 0 Å². The Morgan fingerprint density at radius 1 is 1.32 bits per heavy atom. The van der Waals surface area contributed by atoms with Gasteiger partial charge in [-0.05, 0) is 30.9 Å². The number of rotatable bonds is 3. The number of carbonyl (C=O) groups excluding carboxylic acids is 1. The molecule has 1 unspecified atom stereocenters. The number of carbonyl (C=O) groups is 1. The van der Waals surface area contributed by atoms with E-state index in [1.807, 2.05) is 46.8 Å². The average molecular weight is 264 g/mol. The average Bonchev–Trinajstić information content (AvgIpc) is 2.31. The van der Waals surface area contributed by atoms with Crippen molar-refractivity contribution in [1.29, 1.82) is 0 Å². The predicted octanol–water partition coefficient (Wildman–Crippen LogP) is 2.62. The standard InChI is InChI=1S/C15H24N2O2/c1-9-7-8-11(10(2)12(9)19-6)17-14(18)13(16)15(3,4)5/h7-8,13H,16H2,1-6H3,(H,17,18). The molecule has 0 spiro atoms.